The van der Waals surface area contributed by atoms with Gasteiger partial charge in [0.25, 0.3) is 0 Å². The summed E-state index contributed by atoms with van der Waals surface area (Å²) in [5, 5.41) is 7.18. The Morgan fingerprint density at radius 1 is 1.44 bits per heavy atom. The third-order valence-electron chi connectivity index (χ3n) is 5.51. The lowest BCUT2D eigenvalue weighted by Gasteiger charge is -2.44. The van der Waals surface area contributed by atoms with Crippen LogP contribution in [-0.2, 0) is 0 Å². The first-order chi connectivity index (χ1) is 8.43. The summed E-state index contributed by atoms with van der Waals surface area (Å²) in [6.45, 7) is 9.64. The van der Waals surface area contributed by atoms with E-state index in [1.807, 2.05) is 6.20 Å². The van der Waals surface area contributed by atoms with E-state index >= 15 is 0 Å². The van der Waals surface area contributed by atoms with Gasteiger partial charge in [0, 0.05) is 17.6 Å². The largest absolute Gasteiger partial charge is 0.304 e. The predicted molar refractivity (Wildman–Crippen MR) is 76.7 cm³/mol. The predicted octanol–water partition coefficient (Wildman–Crippen LogP) is 4.01. The maximum Gasteiger partial charge on any atom is 0.109 e. The molecule has 4 atom stereocenters. The minimum atomic E-state index is 0.380. The molecule has 0 aliphatic heterocycles. The normalized spacial score (nSPS) is 39.1. The van der Waals surface area contributed by atoms with Crippen LogP contribution in [0.1, 0.15) is 58.0 Å². The van der Waals surface area contributed by atoms with E-state index in [0.717, 1.165) is 5.92 Å². The van der Waals surface area contributed by atoms with Crippen LogP contribution >= 0.6 is 11.3 Å². The zero-order valence-corrected chi connectivity index (χ0v) is 12.7. The van der Waals surface area contributed by atoms with Crippen LogP contribution in [0, 0.1) is 16.7 Å². The van der Waals surface area contributed by atoms with E-state index in [-0.39, 0.29) is 0 Å². The first kappa shape index (κ1) is 12.6. The lowest BCUT2D eigenvalue weighted by atomic mass is 9.68. The highest BCUT2D eigenvalue weighted by atomic mass is 32.1. The van der Waals surface area contributed by atoms with Crippen molar-refractivity contribution in [3.8, 4) is 0 Å². The molecule has 1 N–H and O–H groups in total. The summed E-state index contributed by atoms with van der Waals surface area (Å²) >= 11 is 1.76. The molecule has 1 aromatic rings. The number of thiazole rings is 1. The van der Waals surface area contributed by atoms with Crippen molar-refractivity contribution in [2.45, 2.75) is 59.0 Å². The van der Waals surface area contributed by atoms with Gasteiger partial charge >= 0.3 is 0 Å². The van der Waals surface area contributed by atoms with Crippen molar-refractivity contribution in [2.24, 2.45) is 16.7 Å². The zero-order valence-electron chi connectivity index (χ0n) is 11.9. The monoisotopic (exact) mass is 264 g/mol. The van der Waals surface area contributed by atoms with Crippen LogP contribution in [0.5, 0.6) is 0 Å². The fraction of sp³-hybridized carbons (Fsp3) is 0.800. The van der Waals surface area contributed by atoms with Crippen LogP contribution in [0.3, 0.4) is 0 Å². The van der Waals surface area contributed by atoms with Crippen molar-refractivity contribution < 1.29 is 0 Å². The average molecular weight is 264 g/mol. The molecule has 0 saturated heterocycles. The van der Waals surface area contributed by atoms with Gasteiger partial charge in [-0.25, -0.2) is 4.98 Å². The minimum absolute atomic E-state index is 0.380. The summed E-state index contributed by atoms with van der Waals surface area (Å²) in [7, 11) is 0. The molecule has 3 rings (SSSR count). The molecular formula is C15H24N2S. The summed E-state index contributed by atoms with van der Waals surface area (Å²) in [6, 6.07) is 1.01. The molecular weight excluding hydrogens is 240 g/mol. The molecule has 3 heteroatoms. The Labute approximate surface area is 114 Å². The van der Waals surface area contributed by atoms with E-state index in [1.54, 1.807) is 11.3 Å². The van der Waals surface area contributed by atoms with Crippen molar-refractivity contribution in [1.82, 2.24) is 10.3 Å². The van der Waals surface area contributed by atoms with E-state index in [1.165, 1.54) is 24.3 Å². The van der Waals surface area contributed by atoms with Gasteiger partial charge in [-0.15, -0.1) is 11.3 Å². The third kappa shape index (κ3) is 1.75. The highest BCUT2D eigenvalue weighted by Gasteiger charge is 2.59. The summed E-state index contributed by atoms with van der Waals surface area (Å²) in [6.07, 6.45) is 6.13. The molecule has 2 bridgehead atoms. The molecule has 4 unspecified atom stereocenters. The smallest absolute Gasteiger partial charge is 0.109 e. The zero-order chi connectivity index (χ0) is 13.0. The Morgan fingerprint density at radius 3 is 2.78 bits per heavy atom. The molecule has 100 valence electrons. The Morgan fingerprint density at radius 2 is 2.22 bits per heavy atom. The molecule has 0 spiro atoms. The van der Waals surface area contributed by atoms with Gasteiger partial charge in [-0.2, -0.15) is 0 Å². The Hall–Kier alpha value is -0.410. The van der Waals surface area contributed by atoms with Gasteiger partial charge in [-0.05, 0) is 42.9 Å². The second-order valence-corrected chi connectivity index (χ2v) is 8.03. The van der Waals surface area contributed by atoms with E-state index < -0.39 is 0 Å². The first-order valence-electron chi connectivity index (χ1n) is 7.09. The summed E-state index contributed by atoms with van der Waals surface area (Å²) < 4.78 is 0. The van der Waals surface area contributed by atoms with E-state index in [9.17, 15) is 0 Å². The van der Waals surface area contributed by atoms with Gasteiger partial charge in [-0.1, -0.05) is 20.8 Å². The maximum absolute atomic E-state index is 4.45. The van der Waals surface area contributed by atoms with E-state index in [2.05, 4.69) is 43.4 Å². The SMILES string of the molecule is CC(NC1C2(C)CCC(C2)C1(C)C)c1nccs1. The van der Waals surface area contributed by atoms with Gasteiger partial charge in [0.05, 0.1) is 6.04 Å². The minimum Gasteiger partial charge on any atom is -0.304 e. The van der Waals surface area contributed by atoms with Crippen molar-refractivity contribution in [2.75, 3.05) is 0 Å². The molecule has 18 heavy (non-hydrogen) atoms. The van der Waals surface area contributed by atoms with E-state index in [4.69, 9.17) is 0 Å². The molecule has 2 aliphatic carbocycles. The highest BCUT2D eigenvalue weighted by Crippen LogP contribution is 2.62. The Balaban J connectivity index is 1.80. The number of aromatic nitrogens is 1. The summed E-state index contributed by atoms with van der Waals surface area (Å²) in [5.74, 6) is 0.906. The number of nitrogens with zero attached hydrogens (tertiary/aromatic N) is 1. The molecule has 1 heterocycles. The first-order valence-corrected chi connectivity index (χ1v) is 7.97. The lowest BCUT2D eigenvalue weighted by molar-refractivity contribution is 0.100. The van der Waals surface area contributed by atoms with Crippen LogP contribution in [0.25, 0.3) is 0 Å². The Bertz CT molecular complexity index is 421. The van der Waals surface area contributed by atoms with Gasteiger partial charge in [0.1, 0.15) is 5.01 Å². The van der Waals surface area contributed by atoms with Crippen molar-refractivity contribution in [3.63, 3.8) is 0 Å². The van der Waals surface area contributed by atoms with Crippen LogP contribution in [0.4, 0.5) is 0 Å². The van der Waals surface area contributed by atoms with Crippen LogP contribution in [-0.4, -0.2) is 11.0 Å². The molecule has 0 amide bonds. The standard InChI is InChI=1S/C15H24N2S/c1-10(12-16-7-8-18-12)17-13-14(2,3)11-5-6-15(13,4)9-11/h7-8,10-11,13,17H,5-6,9H2,1-4H3. The lowest BCUT2D eigenvalue weighted by Crippen LogP contribution is -2.50. The summed E-state index contributed by atoms with van der Waals surface area (Å²) in [5.41, 5.74) is 0.929. The highest BCUT2D eigenvalue weighted by molar-refractivity contribution is 7.09. The van der Waals surface area contributed by atoms with Gasteiger partial charge in [-0.3, -0.25) is 0 Å². The molecule has 1 aromatic heterocycles. The molecule has 2 saturated carbocycles. The van der Waals surface area contributed by atoms with Crippen molar-refractivity contribution >= 4 is 11.3 Å². The van der Waals surface area contributed by atoms with Crippen LogP contribution in [0.2, 0.25) is 0 Å². The van der Waals surface area contributed by atoms with Crippen LogP contribution < -0.4 is 5.32 Å². The molecule has 2 fully saturated rings. The fourth-order valence-electron chi connectivity index (χ4n) is 4.49. The Kier molecular flexibility index (Phi) is 2.83. The fourth-order valence-corrected chi connectivity index (χ4v) is 5.14. The average Bonchev–Trinajstić information content (AvgIpc) is 2.96. The number of fused-ring (bicyclic) bond motifs is 2. The molecule has 2 aliphatic rings. The second kappa shape index (κ2) is 4.04. The number of nitrogens with one attached hydrogen (secondary N) is 1. The number of rotatable bonds is 3. The van der Waals surface area contributed by atoms with Gasteiger partial charge in [0.15, 0.2) is 0 Å². The molecule has 2 nitrogen and oxygen atoms in total. The van der Waals surface area contributed by atoms with E-state index in [0.29, 0.717) is 22.9 Å². The second-order valence-electron chi connectivity index (χ2n) is 7.11. The topological polar surface area (TPSA) is 24.9 Å². The van der Waals surface area contributed by atoms with Crippen LogP contribution in [0.15, 0.2) is 11.6 Å². The quantitative estimate of drug-likeness (QED) is 0.892. The number of hydrogen-bond donors (Lipinski definition) is 1. The molecule has 0 aromatic carbocycles. The van der Waals surface area contributed by atoms with Gasteiger partial charge in [0.2, 0.25) is 0 Å². The van der Waals surface area contributed by atoms with Crippen molar-refractivity contribution in [1.29, 1.82) is 0 Å². The van der Waals surface area contributed by atoms with Crippen molar-refractivity contribution in [3.05, 3.63) is 16.6 Å². The third-order valence-corrected chi connectivity index (χ3v) is 6.47. The van der Waals surface area contributed by atoms with Gasteiger partial charge < -0.3 is 5.32 Å². The number of hydrogen-bond acceptors (Lipinski definition) is 3. The summed E-state index contributed by atoms with van der Waals surface area (Å²) in [4.78, 5) is 4.45. The maximum atomic E-state index is 4.45. The molecule has 0 radical (unpaired) electrons.